The van der Waals surface area contributed by atoms with Crippen molar-refractivity contribution in [3.05, 3.63) is 94.7 Å². The first kappa shape index (κ1) is 24.9. The van der Waals surface area contributed by atoms with Crippen molar-refractivity contribution in [2.24, 2.45) is 4.99 Å². The molecule has 3 aromatic rings. The zero-order chi connectivity index (χ0) is 26.0. The van der Waals surface area contributed by atoms with Crippen LogP contribution in [0.5, 0.6) is 11.5 Å². The number of benzene rings is 2. The summed E-state index contributed by atoms with van der Waals surface area (Å²) < 4.78 is 17.2. The molecular formula is C25H23N3O7S. The summed E-state index contributed by atoms with van der Waals surface area (Å²) in [5.74, 6) is -0.0954. The minimum absolute atomic E-state index is 0.169. The van der Waals surface area contributed by atoms with Gasteiger partial charge in [-0.1, -0.05) is 48.6 Å². The van der Waals surface area contributed by atoms with Crippen LogP contribution >= 0.6 is 11.3 Å². The molecule has 1 aromatic heterocycles. The van der Waals surface area contributed by atoms with E-state index in [1.807, 2.05) is 37.3 Å². The molecule has 0 fully saturated rings. The Morgan fingerprint density at radius 3 is 2.42 bits per heavy atom. The largest absolute Gasteiger partial charge is 0.493 e. The van der Waals surface area contributed by atoms with Crippen LogP contribution in [0.3, 0.4) is 0 Å². The van der Waals surface area contributed by atoms with Gasteiger partial charge in [-0.3, -0.25) is 19.5 Å². The number of carbonyl (C=O) groups is 1. The topological polar surface area (TPSA) is 122 Å². The number of nitro groups is 1. The molecule has 0 spiro atoms. The van der Waals surface area contributed by atoms with E-state index in [4.69, 9.17) is 14.2 Å². The highest BCUT2D eigenvalue weighted by Crippen LogP contribution is 2.35. The van der Waals surface area contributed by atoms with Crippen molar-refractivity contribution >= 4 is 29.1 Å². The van der Waals surface area contributed by atoms with E-state index in [0.717, 1.165) is 11.3 Å². The molecular weight excluding hydrogens is 486 g/mol. The summed E-state index contributed by atoms with van der Waals surface area (Å²) in [6, 6.07) is 11.1. The normalized spacial score (nSPS) is 15.2. The van der Waals surface area contributed by atoms with Crippen LogP contribution in [-0.4, -0.2) is 36.8 Å². The fraction of sp³-hybridized carbons (Fsp3) is 0.240. The first-order chi connectivity index (χ1) is 17.3. The van der Waals surface area contributed by atoms with Gasteiger partial charge in [-0.05, 0) is 24.1 Å². The zero-order valence-electron chi connectivity index (χ0n) is 20.0. The highest BCUT2D eigenvalue weighted by atomic mass is 32.1. The van der Waals surface area contributed by atoms with Gasteiger partial charge in [-0.2, -0.15) is 0 Å². The van der Waals surface area contributed by atoms with Gasteiger partial charge in [0.2, 0.25) is 0 Å². The molecule has 36 heavy (non-hydrogen) atoms. The average molecular weight is 510 g/mol. The first-order valence-corrected chi connectivity index (χ1v) is 11.7. The average Bonchev–Trinajstić information content (AvgIpc) is 3.21. The standard InChI is InChI=1S/C25H23N3O7S/c1-5-16-21(24(30)35-4)22(14-9-7-6-8-10-14)27-23(29)20(36-25(27)26-16)12-15-11-18(33-2)19(34-3)13-17(15)28(31)32/h6-13,22H,5H2,1-4H3/b20-12-/t22-/m0/s1. The monoisotopic (exact) mass is 509 g/mol. The second-order valence-corrected chi connectivity index (χ2v) is 8.73. The lowest BCUT2D eigenvalue weighted by molar-refractivity contribution is -0.385. The van der Waals surface area contributed by atoms with E-state index >= 15 is 0 Å². The molecule has 1 aliphatic rings. The van der Waals surface area contributed by atoms with Gasteiger partial charge in [0.25, 0.3) is 11.2 Å². The van der Waals surface area contributed by atoms with Gasteiger partial charge >= 0.3 is 5.97 Å². The number of hydrogen-bond donors (Lipinski definition) is 0. The summed E-state index contributed by atoms with van der Waals surface area (Å²) in [4.78, 5) is 42.7. The van der Waals surface area contributed by atoms with E-state index in [1.165, 1.54) is 44.1 Å². The molecule has 10 nitrogen and oxygen atoms in total. The van der Waals surface area contributed by atoms with Crippen LogP contribution < -0.4 is 24.4 Å². The number of allylic oxidation sites excluding steroid dienone is 1. The van der Waals surface area contributed by atoms with Crippen molar-refractivity contribution in [1.82, 2.24) is 4.57 Å². The molecule has 0 N–H and O–H groups in total. The Morgan fingerprint density at radius 1 is 1.17 bits per heavy atom. The molecule has 0 radical (unpaired) electrons. The van der Waals surface area contributed by atoms with Crippen LogP contribution in [-0.2, 0) is 9.53 Å². The third kappa shape index (κ3) is 4.29. The fourth-order valence-corrected chi connectivity index (χ4v) is 5.12. The quantitative estimate of drug-likeness (QED) is 0.273. The Hall–Kier alpha value is -4.25. The van der Waals surface area contributed by atoms with Crippen LogP contribution in [0.4, 0.5) is 5.69 Å². The predicted octanol–water partition coefficient (Wildman–Crippen LogP) is 2.72. The summed E-state index contributed by atoms with van der Waals surface area (Å²) in [6.07, 6.45) is 1.87. The zero-order valence-corrected chi connectivity index (χ0v) is 20.8. The van der Waals surface area contributed by atoms with E-state index < -0.39 is 22.5 Å². The van der Waals surface area contributed by atoms with Gasteiger partial charge < -0.3 is 14.2 Å². The van der Waals surface area contributed by atoms with Gasteiger partial charge in [-0.25, -0.2) is 9.79 Å². The number of aromatic nitrogens is 1. The molecule has 0 bridgehead atoms. The molecule has 2 heterocycles. The number of nitro benzene ring substituents is 1. The summed E-state index contributed by atoms with van der Waals surface area (Å²) in [7, 11) is 4.08. The van der Waals surface area contributed by atoms with E-state index in [1.54, 1.807) is 0 Å². The number of thiazole rings is 1. The first-order valence-electron chi connectivity index (χ1n) is 10.9. The number of hydrogen-bond acceptors (Lipinski definition) is 9. The number of ether oxygens (including phenoxy) is 3. The van der Waals surface area contributed by atoms with E-state index in [2.05, 4.69) is 4.99 Å². The van der Waals surface area contributed by atoms with Crippen molar-refractivity contribution in [2.45, 2.75) is 19.4 Å². The predicted molar refractivity (Wildman–Crippen MR) is 133 cm³/mol. The maximum Gasteiger partial charge on any atom is 0.338 e. The highest BCUT2D eigenvalue weighted by Gasteiger charge is 2.33. The summed E-state index contributed by atoms with van der Waals surface area (Å²) in [5.41, 5.74) is 0.990. The Labute approximate surface area is 209 Å². The van der Waals surface area contributed by atoms with Crippen LogP contribution in [0.25, 0.3) is 6.08 Å². The Bertz CT molecular complexity index is 1550. The number of esters is 1. The number of rotatable bonds is 7. The van der Waals surface area contributed by atoms with E-state index in [9.17, 15) is 19.7 Å². The van der Waals surface area contributed by atoms with Gasteiger partial charge in [0.15, 0.2) is 16.3 Å². The Morgan fingerprint density at radius 2 is 1.83 bits per heavy atom. The molecule has 1 atom stereocenters. The van der Waals surface area contributed by atoms with Crippen molar-refractivity contribution in [3.63, 3.8) is 0 Å². The van der Waals surface area contributed by atoms with Crippen molar-refractivity contribution in [2.75, 3.05) is 21.3 Å². The Kier molecular flexibility index (Phi) is 7.02. The Balaban J connectivity index is 2.02. The second-order valence-electron chi connectivity index (χ2n) is 7.72. The number of carbonyl (C=O) groups excluding carboxylic acids is 1. The van der Waals surface area contributed by atoms with Crippen LogP contribution in [0, 0.1) is 10.1 Å². The van der Waals surface area contributed by atoms with Gasteiger partial charge in [0.05, 0.1) is 59.7 Å². The van der Waals surface area contributed by atoms with Crippen molar-refractivity contribution in [3.8, 4) is 11.5 Å². The van der Waals surface area contributed by atoms with Crippen LogP contribution in [0.1, 0.15) is 30.5 Å². The molecule has 0 amide bonds. The van der Waals surface area contributed by atoms with E-state index in [0.29, 0.717) is 22.5 Å². The number of fused-ring (bicyclic) bond motifs is 1. The second kappa shape index (κ2) is 10.2. The molecule has 2 aromatic carbocycles. The molecule has 0 aliphatic carbocycles. The van der Waals surface area contributed by atoms with E-state index in [-0.39, 0.29) is 32.9 Å². The van der Waals surface area contributed by atoms with Gasteiger partial charge in [0.1, 0.15) is 0 Å². The molecule has 4 rings (SSSR count). The van der Waals surface area contributed by atoms with Gasteiger partial charge in [0, 0.05) is 0 Å². The molecule has 0 saturated carbocycles. The van der Waals surface area contributed by atoms with Crippen LogP contribution in [0.2, 0.25) is 0 Å². The SMILES string of the molecule is CCC1=C(C(=O)OC)[C@H](c2ccccc2)n2c(s/c(=C\c3cc(OC)c(OC)cc3[N+](=O)[O-])c2=O)=N1. The third-order valence-electron chi connectivity index (χ3n) is 5.78. The minimum atomic E-state index is -0.757. The molecule has 0 unspecified atom stereocenters. The molecule has 0 saturated heterocycles. The molecule has 1 aliphatic heterocycles. The third-order valence-corrected chi connectivity index (χ3v) is 6.76. The highest BCUT2D eigenvalue weighted by molar-refractivity contribution is 7.07. The molecule has 11 heteroatoms. The maximum atomic E-state index is 13.7. The lowest BCUT2D eigenvalue weighted by atomic mass is 9.95. The van der Waals surface area contributed by atoms with Crippen molar-refractivity contribution in [1.29, 1.82) is 0 Å². The molecule has 186 valence electrons. The maximum absolute atomic E-state index is 13.7. The summed E-state index contributed by atoms with van der Waals surface area (Å²) in [5, 5.41) is 11.8. The number of nitrogens with zero attached hydrogens (tertiary/aromatic N) is 3. The number of methoxy groups -OCH3 is 3. The summed E-state index contributed by atoms with van der Waals surface area (Å²) >= 11 is 1.09. The smallest absolute Gasteiger partial charge is 0.338 e. The lowest BCUT2D eigenvalue weighted by Gasteiger charge is -2.25. The fourth-order valence-electron chi connectivity index (χ4n) is 4.11. The van der Waals surface area contributed by atoms with Crippen molar-refractivity contribution < 1.29 is 23.9 Å². The van der Waals surface area contributed by atoms with Crippen LogP contribution in [0.15, 0.2) is 63.5 Å². The summed E-state index contributed by atoms with van der Waals surface area (Å²) in [6.45, 7) is 1.87. The minimum Gasteiger partial charge on any atom is -0.493 e. The lowest BCUT2D eigenvalue weighted by Crippen LogP contribution is -2.40. The van der Waals surface area contributed by atoms with Gasteiger partial charge in [-0.15, -0.1) is 0 Å².